The van der Waals surface area contributed by atoms with Crippen molar-refractivity contribution in [3.8, 4) is 11.8 Å². The average Bonchev–Trinajstić information content (AvgIpc) is 3.00. The number of anilines is 1. The van der Waals surface area contributed by atoms with Crippen LogP contribution in [0.2, 0.25) is 5.15 Å². The lowest BCUT2D eigenvalue weighted by atomic mass is 10.1. The number of pyridine rings is 1. The van der Waals surface area contributed by atoms with E-state index in [9.17, 15) is 9.90 Å². The van der Waals surface area contributed by atoms with E-state index >= 15 is 0 Å². The topological polar surface area (TPSA) is 109 Å². The second kappa shape index (κ2) is 7.11. The zero-order chi connectivity index (χ0) is 20.0. The third-order valence-corrected chi connectivity index (χ3v) is 5.83. The second-order valence-corrected chi connectivity index (χ2v) is 7.79. The molecule has 8 nitrogen and oxygen atoms in total. The third kappa shape index (κ3) is 3.23. The first-order chi connectivity index (χ1) is 14.1. The van der Waals surface area contributed by atoms with E-state index in [0.717, 1.165) is 26.7 Å². The van der Waals surface area contributed by atoms with E-state index in [2.05, 4.69) is 25.6 Å². The normalized spacial score (nSPS) is 13.7. The van der Waals surface area contributed by atoms with Crippen molar-refractivity contribution >= 4 is 55.5 Å². The Labute approximate surface area is 173 Å². The molecule has 0 fully saturated rings. The van der Waals surface area contributed by atoms with E-state index in [1.807, 2.05) is 18.2 Å². The van der Waals surface area contributed by atoms with Gasteiger partial charge in [0, 0.05) is 40.7 Å². The van der Waals surface area contributed by atoms with Crippen LogP contribution in [0.25, 0.3) is 21.0 Å². The molecule has 0 radical (unpaired) electrons. The maximum atomic E-state index is 12.3. The van der Waals surface area contributed by atoms with Gasteiger partial charge in [-0.25, -0.2) is 9.97 Å². The van der Waals surface area contributed by atoms with Crippen LogP contribution in [0.1, 0.15) is 15.5 Å². The third-order valence-electron chi connectivity index (χ3n) is 4.48. The van der Waals surface area contributed by atoms with Gasteiger partial charge < -0.3 is 20.5 Å². The Morgan fingerprint density at radius 1 is 1.10 bits per heavy atom. The smallest absolute Gasteiger partial charge is 0.263 e. The van der Waals surface area contributed by atoms with Crippen molar-refractivity contribution in [2.45, 2.75) is 6.61 Å². The Bertz CT molecular complexity index is 1280. The summed E-state index contributed by atoms with van der Waals surface area (Å²) < 4.78 is 6.73. The molecular formula is C19H14ClN5O3S. The molecule has 5 rings (SSSR count). The number of halogens is 1. The first-order valence-corrected chi connectivity index (χ1v) is 10.0. The summed E-state index contributed by atoms with van der Waals surface area (Å²) in [6.45, 7) is 0.904. The molecule has 4 heterocycles. The molecule has 0 saturated carbocycles. The van der Waals surface area contributed by atoms with E-state index in [1.165, 1.54) is 17.4 Å². The predicted molar refractivity (Wildman–Crippen MR) is 111 cm³/mol. The fourth-order valence-electron chi connectivity index (χ4n) is 3.28. The SMILES string of the molecule is O=C1NCCNc2c1sc1ccc3nc(Oc4cc(Cl)nc(CO)n4)ccc3c21. The number of benzene rings is 1. The van der Waals surface area contributed by atoms with Gasteiger partial charge in [-0.1, -0.05) is 11.6 Å². The van der Waals surface area contributed by atoms with Crippen LogP contribution in [-0.2, 0) is 6.61 Å². The number of rotatable bonds is 3. The molecule has 0 aliphatic carbocycles. The van der Waals surface area contributed by atoms with E-state index in [-0.39, 0.29) is 29.4 Å². The quantitative estimate of drug-likeness (QED) is 0.430. The van der Waals surface area contributed by atoms with Crippen molar-refractivity contribution in [1.29, 1.82) is 0 Å². The van der Waals surface area contributed by atoms with Crippen LogP contribution in [0.3, 0.4) is 0 Å². The van der Waals surface area contributed by atoms with Crippen molar-refractivity contribution in [2.75, 3.05) is 18.4 Å². The summed E-state index contributed by atoms with van der Waals surface area (Å²) in [6, 6.07) is 8.94. The highest BCUT2D eigenvalue weighted by Crippen LogP contribution is 2.41. The van der Waals surface area contributed by atoms with Gasteiger partial charge in [-0.15, -0.1) is 11.3 Å². The number of aliphatic hydroxyl groups excluding tert-OH is 1. The molecule has 0 atom stereocenters. The van der Waals surface area contributed by atoms with Crippen LogP contribution in [0.5, 0.6) is 11.8 Å². The molecule has 4 aromatic rings. The maximum Gasteiger partial charge on any atom is 0.263 e. The van der Waals surface area contributed by atoms with E-state index in [0.29, 0.717) is 23.8 Å². The summed E-state index contributed by atoms with van der Waals surface area (Å²) in [4.78, 5) is 25.6. The Morgan fingerprint density at radius 2 is 1.97 bits per heavy atom. The number of aliphatic hydroxyl groups is 1. The number of nitrogens with one attached hydrogen (secondary N) is 2. The summed E-state index contributed by atoms with van der Waals surface area (Å²) in [6.07, 6.45) is 0. The highest BCUT2D eigenvalue weighted by atomic mass is 35.5. The summed E-state index contributed by atoms with van der Waals surface area (Å²) in [7, 11) is 0. The highest BCUT2D eigenvalue weighted by Gasteiger charge is 2.22. The van der Waals surface area contributed by atoms with Crippen LogP contribution in [0, 0.1) is 0 Å². The molecule has 0 spiro atoms. The van der Waals surface area contributed by atoms with Gasteiger partial charge in [0.05, 0.1) is 11.2 Å². The lowest BCUT2D eigenvalue weighted by Crippen LogP contribution is -2.24. The number of hydrogen-bond donors (Lipinski definition) is 3. The van der Waals surface area contributed by atoms with Crippen LogP contribution in [0.4, 0.5) is 5.69 Å². The lowest BCUT2D eigenvalue weighted by molar-refractivity contribution is 0.0962. The molecule has 1 aliphatic rings. The predicted octanol–water partition coefficient (Wildman–Crippen LogP) is 3.33. The number of carbonyl (C=O) groups excluding carboxylic acids is 1. The number of fused-ring (bicyclic) bond motifs is 5. The number of ether oxygens (including phenoxy) is 1. The monoisotopic (exact) mass is 427 g/mol. The minimum Gasteiger partial charge on any atom is -0.421 e. The molecule has 3 aromatic heterocycles. The number of carbonyl (C=O) groups is 1. The minimum atomic E-state index is -0.343. The largest absolute Gasteiger partial charge is 0.421 e. The Hall–Kier alpha value is -3.01. The standard InChI is InChI=1S/C19H14ClN5O3S/c20-12-7-15(25-13(8-26)24-12)28-14-4-1-9-10(23-14)2-3-11-16(9)17-18(29-11)19(27)22-6-5-21-17/h1-4,7,21,26H,5-6,8H2,(H,22,27). The molecular weight excluding hydrogens is 414 g/mol. The molecule has 10 heteroatoms. The van der Waals surface area contributed by atoms with Gasteiger partial charge in [0.2, 0.25) is 11.8 Å². The zero-order valence-corrected chi connectivity index (χ0v) is 16.5. The Kier molecular flexibility index (Phi) is 4.42. The molecule has 0 saturated heterocycles. The first kappa shape index (κ1) is 18.0. The van der Waals surface area contributed by atoms with E-state index < -0.39 is 0 Å². The molecule has 1 aliphatic heterocycles. The second-order valence-electron chi connectivity index (χ2n) is 6.35. The Morgan fingerprint density at radius 3 is 2.83 bits per heavy atom. The molecule has 146 valence electrons. The van der Waals surface area contributed by atoms with Crippen LogP contribution in [0.15, 0.2) is 30.3 Å². The van der Waals surface area contributed by atoms with Crippen LogP contribution >= 0.6 is 22.9 Å². The van der Waals surface area contributed by atoms with Gasteiger partial charge in [0.25, 0.3) is 5.91 Å². The van der Waals surface area contributed by atoms with Crippen molar-refractivity contribution in [3.05, 3.63) is 46.2 Å². The van der Waals surface area contributed by atoms with Crippen LogP contribution < -0.4 is 15.4 Å². The summed E-state index contributed by atoms with van der Waals surface area (Å²) in [5.74, 6) is 0.639. The fourth-order valence-corrected chi connectivity index (χ4v) is 4.59. The van der Waals surface area contributed by atoms with Crippen molar-refractivity contribution < 1.29 is 14.6 Å². The molecule has 29 heavy (non-hydrogen) atoms. The van der Waals surface area contributed by atoms with Crippen molar-refractivity contribution in [2.24, 2.45) is 0 Å². The molecule has 0 bridgehead atoms. The zero-order valence-electron chi connectivity index (χ0n) is 14.9. The average molecular weight is 428 g/mol. The number of nitrogens with zero attached hydrogens (tertiary/aromatic N) is 3. The van der Waals surface area contributed by atoms with E-state index in [1.54, 1.807) is 6.07 Å². The van der Waals surface area contributed by atoms with Gasteiger partial charge >= 0.3 is 0 Å². The highest BCUT2D eigenvalue weighted by molar-refractivity contribution is 7.21. The maximum absolute atomic E-state index is 12.3. The van der Waals surface area contributed by atoms with Gasteiger partial charge in [0.1, 0.15) is 16.6 Å². The molecule has 0 unspecified atom stereocenters. The van der Waals surface area contributed by atoms with Gasteiger partial charge in [-0.3, -0.25) is 4.79 Å². The van der Waals surface area contributed by atoms with Gasteiger partial charge in [-0.2, -0.15) is 4.98 Å². The number of amides is 1. The molecule has 1 amide bonds. The van der Waals surface area contributed by atoms with Crippen molar-refractivity contribution in [3.63, 3.8) is 0 Å². The fraction of sp³-hybridized carbons (Fsp3) is 0.158. The molecule has 1 aromatic carbocycles. The summed E-state index contributed by atoms with van der Waals surface area (Å²) >= 11 is 7.39. The van der Waals surface area contributed by atoms with Crippen LogP contribution in [-0.4, -0.2) is 39.1 Å². The summed E-state index contributed by atoms with van der Waals surface area (Å²) in [5, 5.41) is 17.5. The van der Waals surface area contributed by atoms with Gasteiger partial charge in [-0.05, 0) is 18.2 Å². The molecule has 3 N–H and O–H groups in total. The minimum absolute atomic E-state index is 0.0624. The first-order valence-electron chi connectivity index (χ1n) is 8.83. The number of thiophene rings is 1. The van der Waals surface area contributed by atoms with Crippen molar-refractivity contribution in [1.82, 2.24) is 20.3 Å². The number of aromatic nitrogens is 3. The Balaban J connectivity index is 1.59. The van der Waals surface area contributed by atoms with Gasteiger partial charge in [0.15, 0.2) is 5.82 Å². The van der Waals surface area contributed by atoms with E-state index in [4.69, 9.17) is 16.3 Å². The number of hydrogen-bond acceptors (Lipinski definition) is 8. The lowest BCUT2D eigenvalue weighted by Gasteiger charge is -2.08. The summed E-state index contributed by atoms with van der Waals surface area (Å²) in [5.41, 5.74) is 1.57.